The van der Waals surface area contributed by atoms with Gasteiger partial charge in [-0.25, -0.2) is 14.4 Å². The molecule has 2 heterocycles. The lowest BCUT2D eigenvalue weighted by Gasteiger charge is -2.20. The number of carboxylic acids is 1. The Balaban J connectivity index is 1.28. The summed E-state index contributed by atoms with van der Waals surface area (Å²) in [5.74, 6) is -1.93. The molecule has 240 valence electrons. The van der Waals surface area contributed by atoms with E-state index >= 15 is 0 Å². The number of amides is 2. The van der Waals surface area contributed by atoms with Crippen LogP contribution in [0.2, 0.25) is 0 Å². The van der Waals surface area contributed by atoms with Gasteiger partial charge in [-0.3, -0.25) is 14.4 Å². The van der Waals surface area contributed by atoms with E-state index in [4.69, 9.17) is 0 Å². The summed E-state index contributed by atoms with van der Waals surface area (Å²) in [5, 5.41) is 14.6. The summed E-state index contributed by atoms with van der Waals surface area (Å²) < 4.78 is 13.6. The zero-order chi connectivity index (χ0) is 33.7. The summed E-state index contributed by atoms with van der Waals surface area (Å²) in [5.41, 5.74) is 4.85. The van der Waals surface area contributed by atoms with Crippen LogP contribution < -0.4 is 10.6 Å². The first-order valence-electron chi connectivity index (χ1n) is 15.1. The van der Waals surface area contributed by atoms with Gasteiger partial charge in [0.2, 0.25) is 5.91 Å². The molecule has 0 saturated carbocycles. The second-order valence-corrected chi connectivity index (χ2v) is 13.4. The van der Waals surface area contributed by atoms with Gasteiger partial charge >= 0.3 is 5.97 Å². The molecule has 0 aliphatic rings. The SMILES string of the molecule is C[C@@H](NC(=O)[C@H](Cc1ccc(-c2ncc(-c3ccc(-c4cccc(F)c4)cc3)cn2)cc1)NC(=O)c1ccc(C(C)(C)C)s1)C(=O)O. The van der Waals surface area contributed by atoms with Crippen LogP contribution in [0.25, 0.3) is 33.6 Å². The van der Waals surface area contributed by atoms with Crippen molar-refractivity contribution in [3.63, 3.8) is 0 Å². The number of nitrogens with zero attached hydrogens (tertiary/aromatic N) is 2. The van der Waals surface area contributed by atoms with E-state index in [1.807, 2.05) is 60.7 Å². The van der Waals surface area contributed by atoms with Crippen molar-refractivity contribution in [1.29, 1.82) is 0 Å². The average molecular weight is 651 g/mol. The molecule has 5 aromatic rings. The number of carboxylic acid groups (broad SMARTS) is 1. The molecule has 0 aliphatic carbocycles. The lowest BCUT2D eigenvalue weighted by atomic mass is 9.95. The topological polar surface area (TPSA) is 121 Å². The van der Waals surface area contributed by atoms with Crippen LogP contribution >= 0.6 is 11.3 Å². The molecule has 3 N–H and O–H groups in total. The Kier molecular flexibility index (Phi) is 9.91. The fourth-order valence-corrected chi connectivity index (χ4v) is 5.82. The third-order valence-corrected chi connectivity index (χ3v) is 9.11. The molecule has 3 aromatic carbocycles. The monoisotopic (exact) mass is 650 g/mol. The minimum Gasteiger partial charge on any atom is -0.480 e. The van der Waals surface area contributed by atoms with E-state index in [-0.39, 0.29) is 17.7 Å². The molecule has 0 bridgehead atoms. The number of aliphatic carboxylic acids is 1. The van der Waals surface area contributed by atoms with E-state index in [2.05, 4.69) is 41.4 Å². The Morgan fingerprint density at radius 1 is 0.809 bits per heavy atom. The lowest BCUT2D eigenvalue weighted by molar-refractivity contribution is -0.141. The van der Waals surface area contributed by atoms with Crippen molar-refractivity contribution in [2.24, 2.45) is 0 Å². The van der Waals surface area contributed by atoms with Gasteiger partial charge in [-0.05, 0) is 58.9 Å². The number of carbonyl (C=O) groups is 3. The molecule has 0 fully saturated rings. The van der Waals surface area contributed by atoms with Crippen LogP contribution in [-0.2, 0) is 21.4 Å². The summed E-state index contributed by atoms with van der Waals surface area (Å²) in [7, 11) is 0. The van der Waals surface area contributed by atoms with Gasteiger partial charge in [-0.15, -0.1) is 11.3 Å². The van der Waals surface area contributed by atoms with E-state index in [0.29, 0.717) is 10.7 Å². The average Bonchev–Trinajstić information content (AvgIpc) is 3.57. The minimum atomic E-state index is -1.17. The van der Waals surface area contributed by atoms with Crippen molar-refractivity contribution in [3.05, 3.63) is 118 Å². The van der Waals surface area contributed by atoms with E-state index in [9.17, 15) is 23.9 Å². The second kappa shape index (κ2) is 14.0. The van der Waals surface area contributed by atoms with Crippen molar-refractivity contribution < 1.29 is 23.9 Å². The van der Waals surface area contributed by atoms with Gasteiger partial charge in [-0.1, -0.05) is 81.4 Å². The number of hydrogen-bond donors (Lipinski definition) is 3. The number of nitrogens with one attached hydrogen (secondary N) is 2. The first-order valence-corrected chi connectivity index (χ1v) is 15.9. The van der Waals surface area contributed by atoms with Crippen molar-refractivity contribution in [1.82, 2.24) is 20.6 Å². The van der Waals surface area contributed by atoms with E-state index in [1.165, 1.54) is 30.4 Å². The molecule has 0 saturated heterocycles. The largest absolute Gasteiger partial charge is 0.480 e. The number of halogens is 1. The molecular weight excluding hydrogens is 615 g/mol. The Morgan fingerprint density at radius 2 is 1.43 bits per heavy atom. The summed E-state index contributed by atoms with van der Waals surface area (Å²) in [6, 6.07) is 23.0. The van der Waals surface area contributed by atoms with Crippen LogP contribution in [0.1, 0.15) is 47.8 Å². The maximum Gasteiger partial charge on any atom is 0.325 e. The van der Waals surface area contributed by atoms with Crippen LogP contribution in [-0.4, -0.2) is 44.9 Å². The molecule has 0 radical (unpaired) electrons. The predicted octanol–water partition coefficient (Wildman–Crippen LogP) is 6.91. The summed E-state index contributed by atoms with van der Waals surface area (Å²) >= 11 is 1.36. The fraction of sp³-hybridized carbons (Fsp3) is 0.216. The van der Waals surface area contributed by atoms with Crippen molar-refractivity contribution in [2.45, 2.75) is 51.6 Å². The van der Waals surface area contributed by atoms with Gasteiger partial charge in [0.05, 0.1) is 4.88 Å². The van der Waals surface area contributed by atoms with E-state index in [1.54, 1.807) is 24.5 Å². The summed E-state index contributed by atoms with van der Waals surface area (Å²) in [6.07, 6.45) is 3.62. The zero-order valence-electron chi connectivity index (χ0n) is 26.5. The minimum absolute atomic E-state index is 0.125. The van der Waals surface area contributed by atoms with E-state index in [0.717, 1.165) is 38.3 Å². The molecule has 47 heavy (non-hydrogen) atoms. The molecule has 5 rings (SSSR count). The van der Waals surface area contributed by atoms with Crippen molar-refractivity contribution >= 4 is 29.1 Å². The van der Waals surface area contributed by atoms with Crippen LogP contribution in [0.5, 0.6) is 0 Å². The van der Waals surface area contributed by atoms with Crippen LogP contribution in [0.15, 0.2) is 97.3 Å². The number of aromatic nitrogens is 2. The van der Waals surface area contributed by atoms with Gasteiger partial charge < -0.3 is 15.7 Å². The fourth-order valence-electron chi connectivity index (χ4n) is 4.85. The predicted molar refractivity (Wildman–Crippen MR) is 182 cm³/mol. The number of rotatable bonds is 10. The van der Waals surface area contributed by atoms with Crippen LogP contribution in [0.4, 0.5) is 4.39 Å². The van der Waals surface area contributed by atoms with Gasteiger partial charge in [0, 0.05) is 34.8 Å². The van der Waals surface area contributed by atoms with Gasteiger partial charge in [0.25, 0.3) is 5.91 Å². The first-order chi connectivity index (χ1) is 22.4. The second-order valence-electron chi connectivity index (χ2n) is 12.3. The molecule has 2 atom stereocenters. The van der Waals surface area contributed by atoms with Gasteiger partial charge in [-0.2, -0.15) is 0 Å². The van der Waals surface area contributed by atoms with Crippen LogP contribution in [0.3, 0.4) is 0 Å². The summed E-state index contributed by atoms with van der Waals surface area (Å²) in [6.45, 7) is 7.55. The molecule has 0 spiro atoms. The van der Waals surface area contributed by atoms with Crippen molar-refractivity contribution in [3.8, 4) is 33.6 Å². The highest BCUT2D eigenvalue weighted by Crippen LogP contribution is 2.30. The zero-order valence-corrected chi connectivity index (χ0v) is 27.3. The third-order valence-electron chi connectivity index (χ3n) is 7.60. The number of thiophene rings is 1. The quantitative estimate of drug-likeness (QED) is 0.151. The molecule has 2 aromatic heterocycles. The molecular formula is C37H35FN4O4S. The molecule has 0 unspecified atom stereocenters. The Morgan fingerprint density at radius 3 is 2.00 bits per heavy atom. The number of benzene rings is 3. The molecule has 0 aliphatic heterocycles. The van der Waals surface area contributed by atoms with E-state index < -0.39 is 29.9 Å². The molecule has 2 amide bonds. The van der Waals surface area contributed by atoms with Gasteiger partial charge in [0.1, 0.15) is 17.9 Å². The van der Waals surface area contributed by atoms with Crippen molar-refractivity contribution in [2.75, 3.05) is 0 Å². The third kappa shape index (κ3) is 8.33. The molecule has 10 heteroatoms. The maximum atomic E-state index is 13.6. The highest BCUT2D eigenvalue weighted by Gasteiger charge is 2.26. The van der Waals surface area contributed by atoms with Gasteiger partial charge in [0.15, 0.2) is 5.82 Å². The number of hydrogen-bond acceptors (Lipinski definition) is 6. The highest BCUT2D eigenvalue weighted by molar-refractivity contribution is 7.14. The Hall–Kier alpha value is -5.22. The maximum absolute atomic E-state index is 13.6. The lowest BCUT2D eigenvalue weighted by Crippen LogP contribution is -2.51. The standard InChI is InChI=1S/C37H35FN4O4S/c1-22(36(45)46)41-34(43)30(42-35(44)31-16-17-32(47-31)37(2,3)4)18-23-8-10-26(11-9-23)33-39-20-28(21-40-33)25-14-12-24(13-15-25)27-6-5-7-29(38)19-27/h5-17,19-22,30H,18H2,1-4H3,(H,41,43)(H,42,44)(H,45,46)/t22-,30+/m1/s1. The Bertz CT molecular complexity index is 1880. The Labute approximate surface area is 276 Å². The highest BCUT2D eigenvalue weighted by atomic mass is 32.1. The van der Waals surface area contributed by atoms with Crippen LogP contribution in [0, 0.1) is 5.82 Å². The summed E-state index contributed by atoms with van der Waals surface area (Å²) in [4.78, 5) is 48.2. The smallest absolute Gasteiger partial charge is 0.325 e. The first kappa shape index (κ1) is 33.2. The molecule has 8 nitrogen and oxygen atoms in total. The number of carbonyl (C=O) groups excluding carboxylic acids is 2. The normalized spacial score (nSPS) is 12.6.